The molecule has 3 aromatic carbocycles. The maximum atomic E-state index is 11.2. The maximum absolute atomic E-state index is 11.2. The average molecular weight is 448 g/mol. The van der Waals surface area contributed by atoms with E-state index in [1.165, 1.54) is 36.4 Å². The van der Waals surface area contributed by atoms with Crippen LogP contribution in [0, 0.1) is 10.1 Å². The van der Waals surface area contributed by atoms with Crippen molar-refractivity contribution in [1.29, 1.82) is 0 Å². The molecule has 154 valence electrons. The smallest absolute Gasteiger partial charge is 0.744 e. The van der Waals surface area contributed by atoms with Crippen LogP contribution in [0.4, 0.5) is 22.7 Å². The molecule has 0 saturated carbocycles. The maximum Gasteiger partial charge on any atom is 1.00 e. The van der Waals surface area contributed by atoms with E-state index in [0.717, 1.165) is 5.69 Å². The quantitative estimate of drug-likeness (QED) is 0.177. The minimum Gasteiger partial charge on any atom is -0.744 e. The van der Waals surface area contributed by atoms with E-state index in [1.54, 1.807) is 24.3 Å². The Morgan fingerprint density at radius 2 is 1.58 bits per heavy atom. The van der Waals surface area contributed by atoms with Crippen LogP contribution in [0.15, 0.2) is 87.9 Å². The molecule has 0 heterocycles. The van der Waals surface area contributed by atoms with Gasteiger partial charge in [0, 0.05) is 31.4 Å². The van der Waals surface area contributed by atoms with Gasteiger partial charge in [-0.15, -0.1) is 0 Å². The van der Waals surface area contributed by atoms with Gasteiger partial charge in [0.15, 0.2) is 0 Å². The third kappa shape index (κ3) is 6.94. The zero-order valence-corrected chi connectivity index (χ0v) is 19.7. The first kappa shape index (κ1) is 24.6. The van der Waals surface area contributed by atoms with Gasteiger partial charge < -0.3 is 9.45 Å². The first-order valence-electron chi connectivity index (χ1n) is 8.74. The molecule has 31 heavy (non-hydrogen) atoms. The van der Waals surface area contributed by atoms with E-state index in [0.29, 0.717) is 23.5 Å². The molecule has 0 N–H and O–H groups in total. The predicted molar refractivity (Wildman–Crippen MR) is 110 cm³/mol. The fourth-order valence-electron chi connectivity index (χ4n) is 2.72. The van der Waals surface area contributed by atoms with Crippen LogP contribution < -0.4 is 34.5 Å². The van der Waals surface area contributed by atoms with Gasteiger partial charge in [0.2, 0.25) is 0 Å². The van der Waals surface area contributed by atoms with Gasteiger partial charge in [0.1, 0.15) is 10.1 Å². The van der Waals surface area contributed by atoms with Crippen molar-refractivity contribution in [3.05, 3.63) is 88.5 Å². The number of nitro benzene ring substituents is 1. The molecule has 0 saturated heterocycles. The summed E-state index contributed by atoms with van der Waals surface area (Å²) in [6, 6.07) is 18.9. The van der Waals surface area contributed by atoms with Gasteiger partial charge in [-0.1, -0.05) is 18.2 Å². The molecule has 0 aliphatic carbocycles. The fraction of sp³-hybridized carbons (Fsp3) is 0.100. The second-order valence-electron chi connectivity index (χ2n) is 6.45. The number of hydrogen-bond acceptors (Lipinski definition) is 8. The number of nitro groups is 1. The van der Waals surface area contributed by atoms with Gasteiger partial charge in [-0.25, -0.2) is 8.42 Å². The van der Waals surface area contributed by atoms with Crippen LogP contribution in [0.1, 0.15) is 5.56 Å². The molecule has 11 heteroatoms. The van der Waals surface area contributed by atoms with Crippen molar-refractivity contribution in [1.82, 2.24) is 0 Å². The van der Waals surface area contributed by atoms with E-state index in [2.05, 4.69) is 10.2 Å². The zero-order valence-electron chi connectivity index (χ0n) is 16.9. The minimum atomic E-state index is -4.50. The number of azo groups is 1. The molecule has 0 unspecified atom stereocenters. The van der Waals surface area contributed by atoms with E-state index in [9.17, 15) is 23.1 Å². The molecule has 0 fully saturated rings. The van der Waals surface area contributed by atoms with E-state index in [-0.39, 0.29) is 40.1 Å². The molecule has 0 atom stereocenters. The van der Waals surface area contributed by atoms with E-state index < -0.39 is 15.0 Å². The van der Waals surface area contributed by atoms with Crippen molar-refractivity contribution >= 4 is 32.9 Å². The third-order valence-corrected chi connectivity index (χ3v) is 5.05. The molecule has 3 aromatic rings. The van der Waals surface area contributed by atoms with Crippen molar-refractivity contribution in [2.45, 2.75) is 11.4 Å². The molecular weight excluding hydrogens is 431 g/mol. The second-order valence-corrected chi connectivity index (χ2v) is 7.83. The van der Waals surface area contributed by atoms with Gasteiger partial charge in [0.25, 0.3) is 5.69 Å². The molecule has 0 aliphatic heterocycles. The van der Waals surface area contributed by atoms with Gasteiger partial charge in [0.05, 0.1) is 21.2 Å². The third-order valence-electron chi connectivity index (χ3n) is 4.22. The summed E-state index contributed by atoms with van der Waals surface area (Å²) in [6.07, 6.45) is 0. The van der Waals surface area contributed by atoms with Crippen LogP contribution in [-0.4, -0.2) is 24.9 Å². The van der Waals surface area contributed by atoms with E-state index in [1.807, 2.05) is 24.1 Å². The molecule has 0 bridgehead atoms. The number of hydrogen-bond donors (Lipinski definition) is 0. The molecule has 0 amide bonds. The van der Waals surface area contributed by atoms with E-state index in [4.69, 9.17) is 0 Å². The molecule has 0 aliphatic rings. The largest absolute Gasteiger partial charge is 1.00 e. The van der Waals surface area contributed by atoms with Gasteiger partial charge in [-0.05, 0) is 48.0 Å². The van der Waals surface area contributed by atoms with Crippen LogP contribution in [-0.2, 0) is 16.7 Å². The Morgan fingerprint density at radius 3 is 2.23 bits per heavy atom. The standard InChI is InChI=1S/C20H18N4O5S.Na/c1-23(14-15-4-2-7-20(12-15)30(27,28)29)18-10-8-16(9-11-18)21-22-17-5-3-6-19(13-17)24(25)26;/h2-13H,14H2,1H3,(H,27,28,29);/q;+1/p-1. The SMILES string of the molecule is CN(Cc1cccc(S(=O)(=O)[O-])c1)c1ccc(N=Nc2cccc([N+](=O)[O-])c2)cc1.[Na+]. The van der Waals surface area contributed by atoms with Gasteiger partial charge in [-0.3, -0.25) is 10.1 Å². The van der Waals surface area contributed by atoms with Crippen LogP contribution in [0.5, 0.6) is 0 Å². The van der Waals surface area contributed by atoms with Crippen molar-refractivity contribution in [3.63, 3.8) is 0 Å². The summed E-state index contributed by atoms with van der Waals surface area (Å²) in [4.78, 5) is 11.9. The molecule has 3 rings (SSSR count). The van der Waals surface area contributed by atoms with Gasteiger partial charge >= 0.3 is 29.6 Å². The molecule has 9 nitrogen and oxygen atoms in total. The van der Waals surface area contributed by atoms with Crippen molar-refractivity contribution in [3.8, 4) is 0 Å². The Bertz CT molecular complexity index is 1200. The first-order chi connectivity index (χ1) is 14.2. The Balaban J connectivity index is 0.00000341. The van der Waals surface area contributed by atoms with Crippen molar-refractivity contribution < 1.29 is 47.5 Å². The molecule has 0 aromatic heterocycles. The summed E-state index contributed by atoms with van der Waals surface area (Å²) in [5.74, 6) is 0. The Kier molecular flexibility index (Phi) is 8.43. The summed E-state index contributed by atoms with van der Waals surface area (Å²) in [6.45, 7) is 0.401. The molecular formula is C20H17N4NaO5S. The Morgan fingerprint density at radius 1 is 0.935 bits per heavy atom. The number of nitrogens with zero attached hydrogens (tertiary/aromatic N) is 4. The van der Waals surface area contributed by atoms with Crippen molar-refractivity contribution in [2.24, 2.45) is 10.2 Å². The van der Waals surface area contributed by atoms with Crippen molar-refractivity contribution in [2.75, 3.05) is 11.9 Å². The van der Waals surface area contributed by atoms with Gasteiger partial charge in [-0.2, -0.15) is 10.2 Å². The van der Waals surface area contributed by atoms with Crippen LogP contribution in [0.2, 0.25) is 0 Å². The second kappa shape index (κ2) is 10.6. The summed E-state index contributed by atoms with van der Waals surface area (Å²) in [7, 11) is -2.67. The summed E-state index contributed by atoms with van der Waals surface area (Å²) in [5, 5.41) is 18.9. The monoisotopic (exact) mass is 448 g/mol. The average Bonchev–Trinajstić information content (AvgIpc) is 2.72. The van der Waals surface area contributed by atoms with Crippen LogP contribution in [0.25, 0.3) is 0 Å². The number of rotatable bonds is 7. The van der Waals surface area contributed by atoms with Crippen LogP contribution >= 0.6 is 0 Å². The number of benzene rings is 3. The predicted octanol–water partition coefficient (Wildman–Crippen LogP) is 1.55. The molecule has 0 radical (unpaired) electrons. The zero-order chi connectivity index (χ0) is 21.7. The fourth-order valence-corrected chi connectivity index (χ4v) is 3.26. The number of anilines is 1. The first-order valence-corrected chi connectivity index (χ1v) is 10.2. The summed E-state index contributed by atoms with van der Waals surface area (Å²) >= 11 is 0. The minimum absolute atomic E-state index is 0. The summed E-state index contributed by atoms with van der Waals surface area (Å²) in [5.41, 5.74) is 2.41. The normalized spacial score (nSPS) is 11.2. The topological polar surface area (TPSA) is 128 Å². The Hall–Kier alpha value is -2.63. The van der Waals surface area contributed by atoms with Crippen LogP contribution in [0.3, 0.4) is 0 Å². The number of non-ortho nitro benzene ring substituents is 1. The summed E-state index contributed by atoms with van der Waals surface area (Å²) < 4.78 is 33.5. The Labute approximate surface area is 201 Å². The van der Waals surface area contributed by atoms with E-state index >= 15 is 0 Å². The molecule has 0 spiro atoms.